The van der Waals surface area contributed by atoms with Gasteiger partial charge in [0.05, 0.1) is 15.5 Å². The number of hydrogen-bond donors (Lipinski definition) is 2. The van der Waals surface area contributed by atoms with Crippen molar-refractivity contribution < 1.29 is 13.3 Å². The third-order valence-corrected chi connectivity index (χ3v) is 6.38. The van der Waals surface area contributed by atoms with Crippen molar-refractivity contribution in [1.82, 2.24) is 0 Å². The van der Waals surface area contributed by atoms with Crippen LogP contribution in [-0.4, -0.2) is 13.3 Å². The third kappa shape index (κ3) is 4.49. The number of nitrogens with one attached hydrogen (secondary N) is 2. The Labute approximate surface area is 167 Å². The molecule has 0 aliphatic heterocycles. The van der Waals surface area contributed by atoms with E-state index in [4.69, 9.17) is 0 Å². The van der Waals surface area contributed by atoms with Crippen molar-refractivity contribution in [2.24, 2.45) is 0 Å². The molecule has 0 saturated heterocycles. The summed E-state index contributed by atoms with van der Waals surface area (Å²) in [6.45, 7) is 4.13. The summed E-state index contributed by atoms with van der Waals surface area (Å²) in [7, 11) is -3.96. The smallest absolute Gasteiger partial charge is 0.293 e. The fourth-order valence-electron chi connectivity index (χ4n) is 2.71. The molecule has 146 valence electrons. The maximum absolute atomic E-state index is 12.7. The van der Waals surface area contributed by atoms with E-state index in [1.54, 1.807) is 19.1 Å². The number of nitrogens with zero attached hydrogens (tertiary/aromatic N) is 1. The van der Waals surface area contributed by atoms with Gasteiger partial charge in [-0.05, 0) is 49.1 Å². The van der Waals surface area contributed by atoms with Crippen LogP contribution >= 0.6 is 11.3 Å². The predicted molar refractivity (Wildman–Crippen MR) is 111 cm³/mol. The molecular weight excluding hydrogens is 398 g/mol. The highest BCUT2D eigenvalue weighted by molar-refractivity contribution is 7.92. The van der Waals surface area contributed by atoms with E-state index < -0.39 is 14.9 Å². The lowest BCUT2D eigenvalue weighted by atomic mass is 10.1. The molecule has 1 heterocycles. The van der Waals surface area contributed by atoms with Crippen LogP contribution in [-0.2, 0) is 16.6 Å². The molecular formula is C19H19N3O4S2. The van der Waals surface area contributed by atoms with E-state index in [1.165, 1.54) is 23.5 Å². The fraction of sp³-hybridized carbons (Fsp3) is 0.158. The van der Waals surface area contributed by atoms with Crippen molar-refractivity contribution in [3.05, 3.63) is 80.0 Å². The molecule has 3 rings (SSSR count). The Balaban J connectivity index is 1.88. The van der Waals surface area contributed by atoms with Crippen LogP contribution in [0.25, 0.3) is 0 Å². The summed E-state index contributed by atoms with van der Waals surface area (Å²) >= 11 is 1.53. The van der Waals surface area contributed by atoms with E-state index in [1.807, 2.05) is 30.5 Å². The van der Waals surface area contributed by atoms with Gasteiger partial charge in [0.1, 0.15) is 5.69 Å². The minimum absolute atomic E-state index is 0.166. The van der Waals surface area contributed by atoms with Crippen LogP contribution in [0.2, 0.25) is 0 Å². The zero-order valence-electron chi connectivity index (χ0n) is 15.3. The number of hydrogen-bond acceptors (Lipinski definition) is 6. The molecule has 2 N–H and O–H groups in total. The van der Waals surface area contributed by atoms with Crippen molar-refractivity contribution in [2.75, 3.05) is 10.0 Å². The van der Waals surface area contributed by atoms with Crippen molar-refractivity contribution in [3.63, 3.8) is 0 Å². The van der Waals surface area contributed by atoms with Gasteiger partial charge in [0.25, 0.3) is 15.7 Å². The molecule has 28 heavy (non-hydrogen) atoms. The Bertz CT molecular complexity index is 1110. The number of aryl methyl sites for hydroxylation is 2. The van der Waals surface area contributed by atoms with E-state index in [9.17, 15) is 18.5 Å². The second kappa shape index (κ2) is 7.99. The van der Waals surface area contributed by atoms with Gasteiger partial charge in [-0.25, -0.2) is 8.42 Å². The average molecular weight is 418 g/mol. The molecule has 0 fully saturated rings. The monoisotopic (exact) mass is 417 g/mol. The zero-order valence-corrected chi connectivity index (χ0v) is 16.9. The molecule has 3 aromatic rings. The van der Waals surface area contributed by atoms with E-state index in [0.29, 0.717) is 12.2 Å². The largest absolute Gasteiger partial charge is 0.375 e. The molecule has 0 unspecified atom stereocenters. The Morgan fingerprint density at radius 3 is 2.46 bits per heavy atom. The molecule has 7 nitrogen and oxygen atoms in total. The standard InChI is InChI=1S/C19H19N3O4S2/c1-13-5-7-17(14(2)10-13)21-28(25,26)16-6-8-18(19(11-16)22(23)24)20-12-15-4-3-9-27-15/h3-11,20-21H,12H2,1-2H3. The van der Waals surface area contributed by atoms with Gasteiger partial charge in [-0.2, -0.15) is 0 Å². The minimum atomic E-state index is -3.96. The first-order valence-corrected chi connectivity index (χ1v) is 10.8. The molecule has 0 bridgehead atoms. The van der Waals surface area contributed by atoms with Crippen LogP contribution in [0.5, 0.6) is 0 Å². The van der Waals surface area contributed by atoms with Gasteiger partial charge in [-0.1, -0.05) is 23.8 Å². The van der Waals surface area contributed by atoms with Gasteiger partial charge in [0, 0.05) is 17.5 Å². The van der Waals surface area contributed by atoms with Crippen molar-refractivity contribution in [1.29, 1.82) is 0 Å². The first-order chi connectivity index (χ1) is 13.3. The van der Waals surface area contributed by atoms with Gasteiger partial charge < -0.3 is 5.32 Å². The molecule has 0 radical (unpaired) electrons. The Morgan fingerprint density at radius 1 is 1.07 bits per heavy atom. The molecule has 0 saturated carbocycles. The van der Waals surface area contributed by atoms with Gasteiger partial charge >= 0.3 is 0 Å². The summed E-state index contributed by atoms with van der Waals surface area (Å²) in [4.78, 5) is 11.7. The zero-order chi connectivity index (χ0) is 20.3. The number of benzene rings is 2. The Morgan fingerprint density at radius 2 is 1.82 bits per heavy atom. The number of nitro groups is 1. The summed E-state index contributed by atoms with van der Waals surface area (Å²) < 4.78 is 27.9. The van der Waals surface area contributed by atoms with Crippen molar-refractivity contribution in [2.45, 2.75) is 25.3 Å². The third-order valence-electron chi connectivity index (χ3n) is 4.14. The number of nitro benzene ring substituents is 1. The number of thiophene rings is 1. The summed E-state index contributed by atoms with van der Waals surface area (Å²) in [6, 6.07) is 13.0. The van der Waals surface area contributed by atoms with E-state index >= 15 is 0 Å². The summed E-state index contributed by atoms with van der Waals surface area (Å²) in [5.41, 5.74) is 2.20. The number of rotatable bonds is 7. The van der Waals surface area contributed by atoms with Crippen LogP contribution in [0.15, 0.2) is 58.8 Å². The SMILES string of the molecule is Cc1ccc(NS(=O)(=O)c2ccc(NCc3cccs3)c([N+](=O)[O-])c2)c(C)c1. The molecule has 1 aromatic heterocycles. The quantitative estimate of drug-likeness (QED) is 0.429. The van der Waals surface area contributed by atoms with E-state index in [0.717, 1.165) is 22.1 Å². The first-order valence-electron chi connectivity index (χ1n) is 8.41. The summed E-state index contributed by atoms with van der Waals surface area (Å²) in [5.74, 6) is 0. The maximum Gasteiger partial charge on any atom is 0.293 e. The summed E-state index contributed by atoms with van der Waals surface area (Å²) in [6.07, 6.45) is 0. The normalized spacial score (nSPS) is 11.2. The van der Waals surface area contributed by atoms with Crippen molar-refractivity contribution >= 4 is 38.4 Å². The van der Waals surface area contributed by atoms with Crippen LogP contribution in [0.1, 0.15) is 16.0 Å². The maximum atomic E-state index is 12.7. The second-order valence-electron chi connectivity index (χ2n) is 6.29. The average Bonchev–Trinajstić information content (AvgIpc) is 3.15. The van der Waals surface area contributed by atoms with Crippen LogP contribution in [0, 0.1) is 24.0 Å². The van der Waals surface area contributed by atoms with E-state index in [2.05, 4.69) is 10.0 Å². The van der Waals surface area contributed by atoms with Gasteiger partial charge in [0.2, 0.25) is 0 Å². The van der Waals surface area contributed by atoms with Gasteiger partial charge in [0.15, 0.2) is 0 Å². The second-order valence-corrected chi connectivity index (χ2v) is 9.01. The first kappa shape index (κ1) is 19.8. The molecule has 2 aromatic carbocycles. The van der Waals surface area contributed by atoms with Crippen molar-refractivity contribution in [3.8, 4) is 0 Å². The Kier molecular flexibility index (Phi) is 5.66. The topological polar surface area (TPSA) is 101 Å². The highest BCUT2D eigenvalue weighted by atomic mass is 32.2. The highest BCUT2D eigenvalue weighted by Crippen LogP contribution is 2.30. The molecule has 0 atom stereocenters. The molecule has 0 aliphatic rings. The molecule has 0 amide bonds. The molecule has 0 aliphatic carbocycles. The highest BCUT2D eigenvalue weighted by Gasteiger charge is 2.22. The lowest BCUT2D eigenvalue weighted by Crippen LogP contribution is -2.14. The van der Waals surface area contributed by atoms with Gasteiger partial charge in [-0.3, -0.25) is 14.8 Å². The predicted octanol–water partition coefficient (Wildman–Crippen LogP) is 4.69. The lowest BCUT2D eigenvalue weighted by molar-refractivity contribution is -0.384. The number of anilines is 2. The van der Waals surface area contributed by atoms with E-state index in [-0.39, 0.29) is 16.3 Å². The number of sulfonamides is 1. The van der Waals surface area contributed by atoms with Gasteiger partial charge in [-0.15, -0.1) is 11.3 Å². The lowest BCUT2D eigenvalue weighted by Gasteiger charge is -2.12. The summed E-state index contributed by atoms with van der Waals surface area (Å²) in [5, 5.41) is 16.4. The molecule has 0 spiro atoms. The minimum Gasteiger partial charge on any atom is -0.375 e. The molecule has 9 heteroatoms. The Hall–Kier alpha value is -2.91. The van der Waals surface area contributed by atoms with Crippen LogP contribution < -0.4 is 10.0 Å². The van der Waals surface area contributed by atoms with Crippen LogP contribution in [0.3, 0.4) is 0 Å². The van der Waals surface area contributed by atoms with Crippen LogP contribution in [0.4, 0.5) is 17.1 Å². The fourth-order valence-corrected chi connectivity index (χ4v) is 4.50.